The summed E-state index contributed by atoms with van der Waals surface area (Å²) in [6, 6.07) is 8.25. The van der Waals surface area contributed by atoms with Crippen molar-refractivity contribution in [3.05, 3.63) is 48.0 Å². The number of hydrogen-bond donors (Lipinski definition) is 1. The fourth-order valence-electron chi connectivity index (χ4n) is 3.38. The van der Waals surface area contributed by atoms with Gasteiger partial charge in [-0.1, -0.05) is 30.3 Å². The summed E-state index contributed by atoms with van der Waals surface area (Å²) < 4.78 is 5.42. The number of rotatable bonds is 3. The lowest BCUT2D eigenvalue weighted by molar-refractivity contribution is -0.134. The summed E-state index contributed by atoms with van der Waals surface area (Å²) in [7, 11) is 1.88. The van der Waals surface area contributed by atoms with Gasteiger partial charge < -0.3 is 9.64 Å². The van der Waals surface area contributed by atoms with Gasteiger partial charge in [-0.3, -0.25) is 10.1 Å². The third-order valence-corrected chi connectivity index (χ3v) is 4.59. The Balaban J connectivity index is 1.93. The maximum Gasteiger partial charge on any atom is 0.244 e. The second kappa shape index (κ2) is 5.62. The van der Waals surface area contributed by atoms with Crippen molar-refractivity contribution in [2.75, 3.05) is 20.3 Å². The van der Waals surface area contributed by atoms with E-state index in [1.54, 1.807) is 0 Å². The zero-order chi connectivity index (χ0) is 14.9. The third kappa shape index (κ3) is 2.39. The topological polar surface area (TPSA) is 41.6 Å². The first-order valence-electron chi connectivity index (χ1n) is 7.49. The van der Waals surface area contributed by atoms with Gasteiger partial charge >= 0.3 is 0 Å². The molecule has 0 bridgehead atoms. The summed E-state index contributed by atoms with van der Waals surface area (Å²) in [4.78, 5) is 14.6. The van der Waals surface area contributed by atoms with Crippen LogP contribution >= 0.6 is 0 Å². The zero-order valence-electron chi connectivity index (χ0n) is 12.5. The molecule has 1 N–H and O–H groups in total. The van der Waals surface area contributed by atoms with Crippen LogP contribution in [0.15, 0.2) is 36.9 Å². The van der Waals surface area contributed by atoms with Crippen LogP contribution in [0.25, 0.3) is 0 Å². The van der Waals surface area contributed by atoms with Crippen LogP contribution in [0.3, 0.4) is 0 Å². The van der Waals surface area contributed by atoms with Crippen LogP contribution in [0.4, 0.5) is 0 Å². The molecule has 112 valence electrons. The molecule has 21 heavy (non-hydrogen) atoms. The molecule has 0 aliphatic carbocycles. The first-order valence-corrected chi connectivity index (χ1v) is 7.49. The second-order valence-corrected chi connectivity index (χ2v) is 5.85. The van der Waals surface area contributed by atoms with E-state index in [1.807, 2.05) is 30.2 Å². The van der Waals surface area contributed by atoms with Gasteiger partial charge in [0.15, 0.2) is 0 Å². The van der Waals surface area contributed by atoms with E-state index in [9.17, 15) is 4.79 Å². The van der Waals surface area contributed by atoms with Gasteiger partial charge in [-0.2, -0.15) is 0 Å². The molecule has 1 spiro atoms. The molecule has 3 rings (SSSR count). The Morgan fingerprint density at radius 3 is 2.86 bits per heavy atom. The normalized spacial score (nSPS) is 24.5. The van der Waals surface area contributed by atoms with Gasteiger partial charge in [0.05, 0.1) is 0 Å². The number of nitrogens with zero attached hydrogens (tertiary/aromatic N) is 1. The Labute approximate surface area is 125 Å². The number of ether oxygens (including phenoxy) is 1. The molecule has 2 fully saturated rings. The van der Waals surface area contributed by atoms with Crippen molar-refractivity contribution in [2.24, 2.45) is 0 Å². The largest absolute Gasteiger partial charge is 0.381 e. The minimum Gasteiger partial charge on any atom is -0.381 e. The van der Waals surface area contributed by atoms with Crippen LogP contribution in [0.2, 0.25) is 0 Å². The lowest BCUT2D eigenvalue weighted by Gasteiger charge is -2.31. The minimum atomic E-state index is -0.445. The quantitative estimate of drug-likeness (QED) is 0.864. The van der Waals surface area contributed by atoms with E-state index < -0.39 is 5.54 Å². The highest BCUT2D eigenvalue weighted by Gasteiger charge is 2.50. The van der Waals surface area contributed by atoms with Crippen molar-refractivity contribution in [3.8, 4) is 0 Å². The highest BCUT2D eigenvalue weighted by Crippen LogP contribution is 2.36. The predicted molar refractivity (Wildman–Crippen MR) is 81.8 cm³/mol. The van der Waals surface area contributed by atoms with E-state index >= 15 is 0 Å². The number of benzene rings is 1. The standard InChI is InChI=1S/C17H22N2O2/c1-3-6-13-7-4-5-8-14(13)15-18-17(16(20)19(15)2)9-11-21-12-10-17/h3-5,7-8,15,18H,1,6,9-12H2,2H3. The monoisotopic (exact) mass is 286 g/mol. The number of nitrogens with one attached hydrogen (secondary N) is 1. The number of likely N-dealkylation sites (N-methyl/N-ethyl adjacent to an activating group) is 1. The second-order valence-electron chi connectivity index (χ2n) is 5.85. The average Bonchev–Trinajstić information content (AvgIpc) is 2.75. The van der Waals surface area contributed by atoms with Crippen molar-refractivity contribution in [1.29, 1.82) is 0 Å². The fraction of sp³-hybridized carbons (Fsp3) is 0.471. The van der Waals surface area contributed by atoms with E-state index in [2.05, 4.69) is 24.0 Å². The lowest BCUT2D eigenvalue weighted by Crippen LogP contribution is -2.50. The Kier molecular flexibility index (Phi) is 3.83. The molecule has 1 atom stereocenters. The molecule has 2 saturated heterocycles. The molecule has 1 amide bonds. The molecule has 4 heteroatoms. The first-order chi connectivity index (χ1) is 10.2. The molecule has 4 nitrogen and oxygen atoms in total. The van der Waals surface area contributed by atoms with Gasteiger partial charge in [0.1, 0.15) is 11.7 Å². The summed E-state index contributed by atoms with van der Waals surface area (Å²) in [6.07, 6.45) is 4.14. The molecular weight excluding hydrogens is 264 g/mol. The van der Waals surface area contributed by atoms with Gasteiger partial charge in [0.2, 0.25) is 5.91 Å². The predicted octanol–water partition coefficient (Wildman–Crippen LogP) is 2.02. The van der Waals surface area contributed by atoms with E-state index in [1.165, 1.54) is 5.56 Å². The number of carbonyl (C=O) groups is 1. The van der Waals surface area contributed by atoms with Crippen molar-refractivity contribution >= 4 is 5.91 Å². The molecule has 1 aromatic rings. The van der Waals surface area contributed by atoms with Crippen LogP contribution in [0.5, 0.6) is 0 Å². The molecule has 2 heterocycles. The Bertz CT molecular complexity index is 549. The van der Waals surface area contributed by atoms with E-state index in [0.717, 1.165) is 24.8 Å². The average molecular weight is 286 g/mol. The molecule has 1 aromatic carbocycles. The summed E-state index contributed by atoms with van der Waals surface area (Å²) in [6.45, 7) is 5.12. The van der Waals surface area contributed by atoms with Gasteiger partial charge in [-0.05, 0) is 30.4 Å². The number of allylic oxidation sites excluding steroid dienone is 1. The third-order valence-electron chi connectivity index (χ3n) is 4.59. The summed E-state index contributed by atoms with van der Waals surface area (Å²) in [5, 5.41) is 3.58. The molecule has 0 radical (unpaired) electrons. The van der Waals surface area contributed by atoms with Crippen molar-refractivity contribution < 1.29 is 9.53 Å². The fourth-order valence-corrected chi connectivity index (χ4v) is 3.38. The number of carbonyl (C=O) groups excluding carboxylic acids is 1. The number of amides is 1. The summed E-state index contributed by atoms with van der Waals surface area (Å²) in [5.74, 6) is 0.184. The Hall–Kier alpha value is -1.65. The van der Waals surface area contributed by atoms with E-state index in [-0.39, 0.29) is 12.1 Å². The highest BCUT2D eigenvalue weighted by atomic mass is 16.5. The van der Waals surface area contributed by atoms with Gasteiger partial charge in [-0.15, -0.1) is 6.58 Å². The van der Waals surface area contributed by atoms with Gasteiger partial charge in [0.25, 0.3) is 0 Å². The molecule has 2 aliphatic rings. The minimum absolute atomic E-state index is 0.0632. The van der Waals surface area contributed by atoms with E-state index in [0.29, 0.717) is 13.2 Å². The van der Waals surface area contributed by atoms with Crippen molar-refractivity contribution in [3.63, 3.8) is 0 Å². The molecule has 0 saturated carbocycles. The van der Waals surface area contributed by atoms with Gasteiger partial charge in [0, 0.05) is 20.3 Å². The van der Waals surface area contributed by atoms with Crippen LogP contribution in [-0.2, 0) is 16.0 Å². The highest BCUT2D eigenvalue weighted by molar-refractivity contribution is 5.89. The first kappa shape index (κ1) is 14.3. The molecule has 0 aromatic heterocycles. The Morgan fingerprint density at radius 2 is 2.14 bits per heavy atom. The smallest absolute Gasteiger partial charge is 0.244 e. The molecule has 1 unspecified atom stereocenters. The van der Waals surface area contributed by atoms with Gasteiger partial charge in [-0.25, -0.2) is 0 Å². The summed E-state index contributed by atoms with van der Waals surface area (Å²) in [5.41, 5.74) is 1.93. The van der Waals surface area contributed by atoms with E-state index in [4.69, 9.17) is 4.74 Å². The van der Waals surface area contributed by atoms with Crippen molar-refractivity contribution in [1.82, 2.24) is 10.2 Å². The SMILES string of the molecule is C=CCc1ccccc1C1NC2(CCOCC2)C(=O)N1C. The summed E-state index contributed by atoms with van der Waals surface area (Å²) >= 11 is 0. The van der Waals surface area contributed by atoms with Crippen LogP contribution < -0.4 is 5.32 Å². The van der Waals surface area contributed by atoms with Crippen LogP contribution in [0.1, 0.15) is 30.1 Å². The lowest BCUT2D eigenvalue weighted by atomic mass is 9.90. The number of hydrogen-bond acceptors (Lipinski definition) is 3. The van der Waals surface area contributed by atoms with Crippen LogP contribution in [-0.4, -0.2) is 36.6 Å². The van der Waals surface area contributed by atoms with Crippen LogP contribution in [0, 0.1) is 0 Å². The molecule has 2 aliphatic heterocycles. The maximum absolute atomic E-state index is 12.7. The maximum atomic E-state index is 12.7. The Morgan fingerprint density at radius 1 is 1.43 bits per heavy atom. The molecular formula is C17H22N2O2. The zero-order valence-corrected chi connectivity index (χ0v) is 12.5. The van der Waals surface area contributed by atoms with Crippen molar-refractivity contribution in [2.45, 2.75) is 31.0 Å².